The molecular formula is C16H20O5. The maximum absolute atomic E-state index is 10.8. The Morgan fingerprint density at radius 2 is 2.10 bits per heavy atom. The van der Waals surface area contributed by atoms with Gasteiger partial charge in [-0.25, -0.2) is 0 Å². The van der Waals surface area contributed by atoms with Crippen molar-refractivity contribution in [3.8, 4) is 0 Å². The smallest absolute Gasteiger partial charge is 0.184 e. The summed E-state index contributed by atoms with van der Waals surface area (Å²) in [6, 6.07) is 9.64. The van der Waals surface area contributed by atoms with Crippen LogP contribution in [0.3, 0.4) is 0 Å². The number of ether oxygens (including phenoxy) is 4. The molecule has 2 aliphatic rings. The summed E-state index contributed by atoms with van der Waals surface area (Å²) in [5.41, 5.74) is -0.281. The molecule has 0 aromatic heterocycles. The molecule has 2 fully saturated rings. The molecule has 2 heterocycles. The number of hydrogen-bond donors (Lipinski definition) is 1. The highest BCUT2D eigenvalue weighted by atomic mass is 16.7. The molecule has 2 aliphatic heterocycles. The normalized spacial score (nSPS) is 39.5. The summed E-state index contributed by atoms with van der Waals surface area (Å²) >= 11 is 0. The number of rotatable bonds is 3. The first-order valence-electron chi connectivity index (χ1n) is 7.02. The molecule has 0 radical (unpaired) electrons. The zero-order chi connectivity index (χ0) is 14.9. The fraction of sp³-hybridized carbons (Fsp3) is 0.500. The number of aliphatic hydroxyl groups is 1. The monoisotopic (exact) mass is 292 g/mol. The Hall–Kier alpha value is -1.24. The van der Waals surface area contributed by atoms with Crippen LogP contribution < -0.4 is 0 Å². The third-order valence-electron chi connectivity index (χ3n) is 4.02. The van der Waals surface area contributed by atoms with Crippen LogP contribution >= 0.6 is 0 Å². The molecule has 0 aliphatic carbocycles. The van der Waals surface area contributed by atoms with Crippen LogP contribution in [0.2, 0.25) is 0 Å². The minimum absolute atomic E-state index is 0.287. The van der Waals surface area contributed by atoms with Crippen molar-refractivity contribution in [2.24, 2.45) is 0 Å². The van der Waals surface area contributed by atoms with Gasteiger partial charge in [-0.15, -0.1) is 6.58 Å². The van der Waals surface area contributed by atoms with Crippen molar-refractivity contribution < 1.29 is 24.1 Å². The van der Waals surface area contributed by atoms with Crippen molar-refractivity contribution >= 4 is 0 Å². The number of methoxy groups -OCH3 is 1. The van der Waals surface area contributed by atoms with E-state index in [-0.39, 0.29) is 12.5 Å². The first-order valence-corrected chi connectivity index (χ1v) is 7.02. The zero-order valence-electron chi connectivity index (χ0n) is 12.0. The summed E-state index contributed by atoms with van der Waals surface area (Å²) in [5.74, 6) is 0. The lowest BCUT2D eigenvalue weighted by Gasteiger charge is -2.48. The molecule has 3 rings (SSSR count). The van der Waals surface area contributed by atoms with Gasteiger partial charge in [0.1, 0.15) is 17.8 Å². The fourth-order valence-electron chi connectivity index (χ4n) is 2.83. The minimum atomic E-state index is -1.19. The molecule has 5 atom stereocenters. The predicted molar refractivity (Wildman–Crippen MR) is 75.4 cm³/mol. The minimum Gasteiger partial charge on any atom is -0.383 e. The van der Waals surface area contributed by atoms with Gasteiger partial charge in [-0.1, -0.05) is 36.4 Å². The second-order valence-electron chi connectivity index (χ2n) is 5.37. The van der Waals surface area contributed by atoms with Gasteiger partial charge in [0.05, 0.1) is 6.61 Å². The van der Waals surface area contributed by atoms with Crippen LogP contribution in [0.5, 0.6) is 0 Å². The zero-order valence-corrected chi connectivity index (χ0v) is 12.0. The maximum Gasteiger partial charge on any atom is 0.184 e. The summed E-state index contributed by atoms with van der Waals surface area (Å²) in [6.07, 6.45) is -0.120. The van der Waals surface area contributed by atoms with E-state index < -0.39 is 24.3 Å². The van der Waals surface area contributed by atoms with Gasteiger partial charge in [0.2, 0.25) is 0 Å². The maximum atomic E-state index is 10.8. The van der Waals surface area contributed by atoms with Gasteiger partial charge in [0, 0.05) is 19.1 Å². The number of fused-ring (bicyclic) bond motifs is 1. The van der Waals surface area contributed by atoms with E-state index in [1.54, 1.807) is 7.11 Å². The summed E-state index contributed by atoms with van der Waals surface area (Å²) in [5, 5.41) is 10.8. The summed E-state index contributed by atoms with van der Waals surface area (Å²) in [4.78, 5) is 0. The molecule has 5 nitrogen and oxygen atoms in total. The van der Waals surface area contributed by atoms with Crippen molar-refractivity contribution in [2.75, 3.05) is 13.7 Å². The lowest BCUT2D eigenvalue weighted by molar-refractivity contribution is -0.348. The first-order chi connectivity index (χ1) is 10.2. The quantitative estimate of drug-likeness (QED) is 0.861. The van der Waals surface area contributed by atoms with Gasteiger partial charge in [-0.3, -0.25) is 0 Å². The SMILES string of the molecule is C=C[C@]1(O)C[C@@H](OC)O[C@@H]2COC(c3ccccc3)O[C@H]21. The molecule has 1 aromatic carbocycles. The van der Waals surface area contributed by atoms with E-state index in [9.17, 15) is 5.11 Å². The molecule has 0 saturated carbocycles. The van der Waals surface area contributed by atoms with Crippen LogP contribution in [-0.2, 0) is 18.9 Å². The number of benzene rings is 1. The molecule has 1 aromatic rings. The Morgan fingerprint density at radius 1 is 1.33 bits per heavy atom. The molecule has 2 saturated heterocycles. The predicted octanol–water partition coefficient (Wildman–Crippen LogP) is 1.78. The summed E-state index contributed by atoms with van der Waals surface area (Å²) < 4.78 is 22.6. The third kappa shape index (κ3) is 2.75. The Kier molecular flexibility index (Phi) is 4.10. The van der Waals surface area contributed by atoms with E-state index in [2.05, 4.69) is 6.58 Å². The average Bonchev–Trinajstić information content (AvgIpc) is 2.55. The number of hydrogen-bond acceptors (Lipinski definition) is 5. The molecule has 21 heavy (non-hydrogen) atoms. The molecular weight excluding hydrogens is 272 g/mol. The molecule has 0 amide bonds. The van der Waals surface area contributed by atoms with Crippen LogP contribution in [0.25, 0.3) is 0 Å². The van der Waals surface area contributed by atoms with Gasteiger partial charge in [-0.05, 0) is 0 Å². The first kappa shape index (κ1) is 14.7. The van der Waals surface area contributed by atoms with E-state index >= 15 is 0 Å². The van der Waals surface area contributed by atoms with E-state index in [1.165, 1.54) is 6.08 Å². The van der Waals surface area contributed by atoms with Crippen molar-refractivity contribution in [1.29, 1.82) is 0 Å². The molecule has 0 bridgehead atoms. The van der Waals surface area contributed by atoms with Crippen LogP contribution in [0, 0.1) is 0 Å². The molecule has 5 heteroatoms. The van der Waals surface area contributed by atoms with Crippen LogP contribution in [0.15, 0.2) is 43.0 Å². The average molecular weight is 292 g/mol. The largest absolute Gasteiger partial charge is 0.383 e. The lowest BCUT2D eigenvalue weighted by atomic mass is 9.86. The van der Waals surface area contributed by atoms with Gasteiger partial charge in [0.15, 0.2) is 12.6 Å². The second kappa shape index (κ2) is 5.87. The van der Waals surface area contributed by atoms with Crippen LogP contribution in [0.4, 0.5) is 0 Å². The van der Waals surface area contributed by atoms with Crippen molar-refractivity contribution in [3.63, 3.8) is 0 Å². The topological polar surface area (TPSA) is 57.2 Å². The molecule has 1 unspecified atom stereocenters. The lowest BCUT2D eigenvalue weighted by Crippen LogP contribution is -2.61. The van der Waals surface area contributed by atoms with Crippen LogP contribution in [0.1, 0.15) is 18.3 Å². The summed E-state index contributed by atoms with van der Waals surface area (Å²) in [7, 11) is 1.55. The molecule has 114 valence electrons. The molecule has 1 N–H and O–H groups in total. The Bertz CT molecular complexity index is 491. The van der Waals surface area contributed by atoms with E-state index in [4.69, 9.17) is 18.9 Å². The molecule has 0 spiro atoms. The Morgan fingerprint density at radius 3 is 2.76 bits per heavy atom. The third-order valence-corrected chi connectivity index (χ3v) is 4.02. The van der Waals surface area contributed by atoms with Crippen molar-refractivity contribution in [3.05, 3.63) is 48.6 Å². The van der Waals surface area contributed by atoms with E-state index in [1.807, 2.05) is 30.3 Å². The van der Waals surface area contributed by atoms with Gasteiger partial charge >= 0.3 is 0 Å². The van der Waals surface area contributed by atoms with Crippen molar-refractivity contribution in [1.82, 2.24) is 0 Å². The van der Waals surface area contributed by atoms with Crippen LogP contribution in [-0.4, -0.2) is 42.9 Å². The van der Waals surface area contributed by atoms with E-state index in [0.717, 1.165) is 5.56 Å². The van der Waals surface area contributed by atoms with Gasteiger partial charge in [-0.2, -0.15) is 0 Å². The highest BCUT2D eigenvalue weighted by Gasteiger charge is 2.51. The van der Waals surface area contributed by atoms with Gasteiger partial charge < -0.3 is 24.1 Å². The van der Waals surface area contributed by atoms with Crippen molar-refractivity contribution in [2.45, 2.75) is 36.8 Å². The highest BCUT2D eigenvalue weighted by Crippen LogP contribution is 2.39. The fourth-order valence-corrected chi connectivity index (χ4v) is 2.83. The highest BCUT2D eigenvalue weighted by molar-refractivity contribution is 5.17. The summed E-state index contributed by atoms with van der Waals surface area (Å²) in [6.45, 7) is 4.07. The Labute approximate surface area is 124 Å². The second-order valence-corrected chi connectivity index (χ2v) is 5.37. The van der Waals surface area contributed by atoms with E-state index in [0.29, 0.717) is 6.61 Å². The standard InChI is InChI=1S/C16H20O5/c1-3-16(17)9-13(18-2)20-12-10-19-15(21-14(12)16)11-7-5-4-6-8-11/h3-8,12-15,17H,1,9-10H2,2H3/t12-,13+,14-,15?,16+/m1/s1. The van der Waals surface area contributed by atoms with Gasteiger partial charge in [0.25, 0.3) is 0 Å². The Balaban J connectivity index is 1.81.